The number of rotatable bonds is 2. The molecule has 2 rings (SSSR count). The Bertz CT molecular complexity index is 324. The summed E-state index contributed by atoms with van der Waals surface area (Å²) in [6.07, 6.45) is 5.16. The minimum absolute atomic E-state index is 0.357. The van der Waals surface area contributed by atoms with E-state index in [2.05, 4.69) is 12.2 Å². The molecule has 2 nitrogen and oxygen atoms in total. The van der Waals surface area contributed by atoms with Crippen LogP contribution in [0.25, 0.3) is 0 Å². The van der Waals surface area contributed by atoms with Crippen molar-refractivity contribution in [3.05, 3.63) is 24.3 Å². The van der Waals surface area contributed by atoms with Crippen molar-refractivity contribution in [2.24, 2.45) is 5.92 Å². The third kappa shape index (κ3) is 2.44. The summed E-state index contributed by atoms with van der Waals surface area (Å²) < 4.78 is 0. The first-order chi connectivity index (χ1) is 7.27. The van der Waals surface area contributed by atoms with Crippen LogP contribution in [0.15, 0.2) is 24.3 Å². The molecule has 2 unspecified atom stereocenters. The van der Waals surface area contributed by atoms with Crippen LogP contribution < -0.4 is 5.32 Å². The van der Waals surface area contributed by atoms with Crippen LogP contribution >= 0.6 is 0 Å². The summed E-state index contributed by atoms with van der Waals surface area (Å²) in [4.78, 5) is 0. The molecule has 0 saturated heterocycles. The molecule has 0 spiro atoms. The highest BCUT2D eigenvalue weighted by molar-refractivity contribution is 5.55. The highest BCUT2D eigenvalue weighted by atomic mass is 16.3. The van der Waals surface area contributed by atoms with Gasteiger partial charge in [-0.05, 0) is 30.9 Å². The number of hydrogen-bond acceptors (Lipinski definition) is 2. The number of phenols is 1. The first kappa shape index (κ1) is 10.3. The van der Waals surface area contributed by atoms with Gasteiger partial charge in [-0.3, -0.25) is 0 Å². The molecule has 0 heterocycles. The van der Waals surface area contributed by atoms with Crippen molar-refractivity contribution >= 4 is 5.69 Å². The maximum atomic E-state index is 9.66. The highest BCUT2D eigenvalue weighted by Crippen LogP contribution is 2.29. The second-order valence-corrected chi connectivity index (χ2v) is 4.53. The maximum absolute atomic E-state index is 9.66. The van der Waals surface area contributed by atoms with Crippen molar-refractivity contribution < 1.29 is 5.11 Å². The number of benzene rings is 1. The molecule has 15 heavy (non-hydrogen) atoms. The van der Waals surface area contributed by atoms with E-state index in [9.17, 15) is 5.11 Å². The molecule has 0 amide bonds. The Balaban J connectivity index is 2.04. The Kier molecular flexibility index (Phi) is 3.14. The smallest absolute Gasteiger partial charge is 0.138 e. The minimum Gasteiger partial charge on any atom is -0.506 e. The lowest BCUT2D eigenvalue weighted by atomic mass is 9.86. The molecule has 1 aromatic carbocycles. The summed E-state index contributed by atoms with van der Waals surface area (Å²) in [5, 5.41) is 13.1. The van der Waals surface area contributed by atoms with Crippen LogP contribution in [0, 0.1) is 5.92 Å². The van der Waals surface area contributed by atoms with Gasteiger partial charge in [-0.25, -0.2) is 0 Å². The molecular formula is C13H19NO. The standard InChI is InChI=1S/C13H19NO/c1-10-6-2-3-7-11(10)14-12-8-4-5-9-13(12)15/h4-5,8-11,14-15H,2-3,6-7H2,1H3. The van der Waals surface area contributed by atoms with Gasteiger partial charge in [-0.1, -0.05) is 31.9 Å². The summed E-state index contributed by atoms with van der Waals surface area (Å²) in [6, 6.07) is 8.00. The first-order valence-corrected chi connectivity index (χ1v) is 5.82. The van der Waals surface area contributed by atoms with Crippen molar-refractivity contribution in [3.8, 4) is 5.75 Å². The quantitative estimate of drug-likeness (QED) is 0.725. The van der Waals surface area contributed by atoms with Crippen LogP contribution in [0.3, 0.4) is 0 Å². The van der Waals surface area contributed by atoms with Gasteiger partial charge in [0.2, 0.25) is 0 Å². The predicted molar refractivity (Wildman–Crippen MR) is 63.1 cm³/mol. The highest BCUT2D eigenvalue weighted by Gasteiger charge is 2.21. The zero-order valence-electron chi connectivity index (χ0n) is 9.24. The average molecular weight is 205 g/mol. The molecule has 0 aromatic heterocycles. The zero-order valence-corrected chi connectivity index (χ0v) is 9.24. The van der Waals surface area contributed by atoms with Crippen molar-refractivity contribution in [1.29, 1.82) is 0 Å². The molecule has 1 saturated carbocycles. The van der Waals surface area contributed by atoms with E-state index in [-0.39, 0.29) is 0 Å². The molecule has 82 valence electrons. The Hall–Kier alpha value is -1.18. The van der Waals surface area contributed by atoms with E-state index in [0.717, 1.165) is 5.69 Å². The molecule has 2 heteroatoms. The zero-order chi connectivity index (χ0) is 10.7. The van der Waals surface area contributed by atoms with Gasteiger partial charge in [0.15, 0.2) is 0 Å². The van der Waals surface area contributed by atoms with E-state index in [1.807, 2.05) is 18.2 Å². The molecule has 2 N–H and O–H groups in total. The predicted octanol–water partition coefficient (Wildman–Crippen LogP) is 3.38. The number of nitrogens with one attached hydrogen (secondary N) is 1. The van der Waals surface area contributed by atoms with E-state index in [0.29, 0.717) is 17.7 Å². The maximum Gasteiger partial charge on any atom is 0.138 e. The molecule has 1 aliphatic carbocycles. The molecule has 0 aliphatic heterocycles. The number of anilines is 1. The average Bonchev–Trinajstić information content (AvgIpc) is 2.24. The molecular weight excluding hydrogens is 186 g/mol. The van der Waals surface area contributed by atoms with Crippen LogP contribution in [0.5, 0.6) is 5.75 Å². The summed E-state index contributed by atoms with van der Waals surface area (Å²) in [7, 11) is 0. The van der Waals surface area contributed by atoms with Crippen molar-refractivity contribution in [2.75, 3.05) is 5.32 Å². The van der Waals surface area contributed by atoms with Crippen molar-refractivity contribution in [2.45, 2.75) is 38.6 Å². The van der Waals surface area contributed by atoms with Gasteiger partial charge >= 0.3 is 0 Å². The molecule has 1 aliphatic rings. The SMILES string of the molecule is CC1CCCCC1Nc1ccccc1O. The van der Waals surface area contributed by atoms with Crippen LogP contribution in [-0.2, 0) is 0 Å². The summed E-state index contributed by atoms with van der Waals surface area (Å²) in [6.45, 7) is 2.29. The Labute approximate surface area is 91.3 Å². The largest absolute Gasteiger partial charge is 0.506 e. The number of aromatic hydroxyl groups is 1. The van der Waals surface area contributed by atoms with Gasteiger partial charge in [-0.2, -0.15) is 0 Å². The Morgan fingerprint density at radius 3 is 2.67 bits per heavy atom. The summed E-state index contributed by atoms with van der Waals surface area (Å²) >= 11 is 0. The van der Waals surface area contributed by atoms with Crippen LogP contribution in [0.1, 0.15) is 32.6 Å². The normalized spacial score (nSPS) is 26.2. The number of para-hydroxylation sites is 2. The number of phenolic OH excluding ortho intramolecular Hbond substituents is 1. The van der Waals surface area contributed by atoms with E-state index >= 15 is 0 Å². The van der Waals surface area contributed by atoms with Gasteiger partial charge < -0.3 is 10.4 Å². The van der Waals surface area contributed by atoms with Gasteiger partial charge in [0.25, 0.3) is 0 Å². The second-order valence-electron chi connectivity index (χ2n) is 4.53. The van der Waals surface area contributed by atoms with E-state index in [1.165, 1.54) is 25.7 Å². The fraction of sp³-hybridized carbons (Fsp3) is 0.538. The monoisotopic (exact) mass is 205 g/mol. The van der Waals surface area contributed by atoms with Crippen molar-refractivity contribution in [1.82, 2.24) is 0 Å². The molecule has 0 radical (unpaired) electrons. The fourth-order valence-electron chi connectivity index (χ4n) is 2.33. The van der Waals surface area contributed by atoms with Crippen LogP contribution in [0.4, 0.5) is 5.69 Å². The first-order valence-electron chi connectivity index (χ1n) is 5.82. The second kappa shape index (κ2) is 4.56. The van der Waals surface area contributed by atoms with Gasteiger partial charge in [-0.15, -0.1) is 0 Å². The van der Waals surface area contributed by atoms with E-state index < -0.39 is 0 Å². The Morgan fingerprint density at radius 2 is 1.93 bits per heavy atom. The van der Waals surface area contributed by atoms with Crippen molar-refractivity contribution in [3.63, 3.8) is 0 Å². The molecule has 0 bridgehead atoms. The number of hydrogen-bond donors (Lipinski definition) is 2. The summed E-state index contributed by atoms with van der Waals surface area (Å²) in [5.41, 5.74) is 0.872. The van der Waals surface area contributed by atoms with Crippen LogP contribution in [-0.4, -0.2) is 11.1 Å². The molecule has 2 atom stereocenters. The van der Waals surface area contributed by atoms with Gasteiger partial charge in [0.05, 0.1) is 5.69 Å². The third-order valence-corrected chi connectivity index (χ3v) is 3.36. The lowest BCUT2D eigenvalue weighted by Gasteiger charge is -2.30. The van der Waals surface area contributed by atoms with E-state index in [4.69, 9.17) is 0 Å². The minimum atomic E-state index is 0.357. The third-order valence-electron chi connectivity index (χ3n) is 3.36. The van der Waals surface area contributed by atoms with Crippen LogP contribution in [0.2, 0.25) is 0 Å². The summed E-state index contributed by atoms with van der Waals surface area (Å²) in [5.74, 6) is 1.06. The molecule has 1 fully saturated rings. The topological polar surface area (TPSA) is 32.3 Å². The van der Waals surface area contributed by atoms with E-state index in [1.54, 1.807) is 6.07 Å². The Morgan fingerprint density at radius 1 is 1.20 bits per heavy atom. The molecule has 1 aromatic rings. The lowest BCUT2D eigenvalue weighted by molar-refractivity contribution is 0.348. The fourth-order valence-corrected chi connectivity index (χ4v) is 2.33. The van der Waals surface area contributed by atoms with Gasteiger partial charge in [0.1, 0.15) is 5.75 Å². The lowest BCUT2D eigenvalue weighted by Crippen LogP contribution is -2.30. The van der Waals surface area contributed by atoms with Gasteiger partial charge in [0, 0.05) is 6.04 Å².